The number of anilines is 1. The molecular formula is C12H18N2O. The molecule has 15 heavy (non-hydrogen) atoms. The lowest BCUT2D eigenvalue weighted by Crippen LogP contribution is -2.25. The zero-order valence-electron chi connectivity index (χ0n) is 9.34. The van der Waals surface area contributed by atoms with Crippen molar-refractivity contribution in [1.82, 2.24) is 5.32 Å². The topological polar surface area (TPSA) is 41.1 Å². The molecule has 0 saturated heterocycles. The largest absolute Gasteiger partial charge is 0.325 e. The number of amides is 1. The van der Waals surface area contributed by atoms with Crippen molar-refractivity contribution in [2.24, 2.45) is 0 Å². The van der Waals surface area contributed by atoms with E-state index in [9.17, 15) is 4.79 Å². The Morgan fingerprint density at radius 1 is 1.33 bits per heavy atom. The zero-order valence-corrected chi connectivity index (χ0v) is 9.34. The summed E-state index contributed by atoms with van der Waals surface area (Å²) in [4.78, 5) is 11.4. The van der Waals surface area contributed by atoms with Crippen molar-refractivity contribution >= 4 is 11.6 Å². The molecule has 3 heteroatoms. The molecule has 0 atom stereocenters. The first kappa shape index (κ1) is 11.7. The standard InChI is InChI=1S/C12H18N2O/c1-3-6-10-7-4-5-8-11(10)14-12(15)9-13-2/h4-5,7-8,13H,3,6,9H2,1-2H3,(H,14,15). The summed E-state index contributed by atoms with van der Waals surface area (Å²) in [6.07, 6.45) is 2.08. The molecule has 0 aromatic heterocycles. The second-order valence-electron chi connectivity index (χ2n) is 3.49. The third-order valence-corrected chi connectivity index (χ3v) is 2.15. The van der Waals surface area contributed by atoms with Crippen molar-refractivity contribution in [1.29, 1.82) is 0 Å². The van der Waals surface area contributed by atoms with Gasteiger partial charge in [0, 0.05) is 5.69 Å². The van der Waals surface area contributed by atoms with Gasteiger partial charge in [0.25, 0.3) is 0 Å². The van der Waals surface area contributed by atoms with Crippen LogP contribution in [0.2, 0.25) is 0 Å². The number of nitrogens with one attached hydrogen (secondary N) is 2. The number of carbonyl (C=O) groups excluding carboxylic acids is 1. The van der Waals surface area contributed by atoms with Gasteiger partial charge in [-0.05, 0) is 25.1 Å². The Morgan fingerprint density at radius 2 is 2.07 bits per heavy atom. The number of hydrogen-bond donors (Lipinski definition) is 2. The van der Waals surface area contributed by atoms with Crippen LogP contribution in [0.3, 0.4) is 0 Å². The molecule has 3 nitrogen and oxygen atoms in total. The third kappa shape index (κ3) is 3.72. The lowest BCUT2D eigenvalue weighted by molar-refractivity contribution is -0.115. The maximum absolute atomic E-state index is 11.4. The molecule has 82 valence electrons. The Labute approximate surface area is 90.9 Å². The molecule has 0 aliphatic rings. The number of benzene rings is 1. The van der Waals surface area contributed by atoms with E-state index in [1.54, 1.807) is 7.05 Å². The molecule has 0 aliphatic heterocycles. The van der Waals surface area contributed by atoms with E-state index in [-0.39, 0.29) is 5.91 Å². The van der Waals surface area contributed by atoms with Gasteiger partial charge in [0.05, 0.1) is 6.54 Å². The summed E-state index contributed by atoms with van der Waals surface area (Å²) in [6, 6.07) is 7.93. The predicted octanol–water partition coefficient (Wildman–Crippen LogP) is 1.80. The van der Waals surface area contributed by atoms with Crippen molar-refractivity contribution in [3.05, 3.63) is 29.8 Å². The van der Waals surface area contributed by atoms with Gasteiger partial charge in [0.15, 0.2) is 0 Å². The highest BCUT2D eigenvalue weighted by Crippen LogP contribution is 2.16. The number of carbonyl (C=O) groups is 1. The van der Waals surface area contributed by atoms with Gasteiger partial charge >= 0.3 is 0 Å². The summed E-state index contributed by atoms with van der Waals surface area (Å²) < 4.78 is 0. The number of hydrogen-bond acceptors (Lipinski definition) is 2. The Morgan fingerprint density at radius 3 is 2.73 bits per heavy atom. The van der Waals surface area contributed by atoms with Crippen LogP contribution in [0, 0.1) is 0 Å². The second-order valence-corrected chi connectivity index (χ2v) is 3.49. The van der Waals surface area contributed by atoms with Crippen molar-refractivity contribution in [2.75, 3.05) is 18.9 Å². The van der Waals surface area contributed by atoms with Crippen LogP contribution in [-0.4, -0.2) is 19.5 Å². The highest BCUT2D eigenvalue weighted by molar-refractivity contribution is 5.92. The summed E-state index contributed by atoms with van der Waals surface area (Å²) in [5.41, 5.74) is 2.13. The smallest absolute Gasteiger partial charge is 0.238 e. The number of likely N-dealkylation sites (N-methyl/N-ethyl adjacent to an activating group) is 1. The van der Waals surface area contributed by atoms with Crippen LogP contribution in [0.1, 0.15) is 18.9 Å². The highest BCUT2D eigenvalue weighted by Gasteiger charge is 2.04. The third-order valence-electron chi connectivity index (χ3n) is 2.15. The van der Waals surface area contributed by atoms with Gasteiger partial charge in [-0.2, -0.15) is 0 Å². The van der Waals surface area contributed by atoms with Crippen LogP contribution in [0.5, 0.6) is 0 Å². The molecule has 1 aromatic rings. The number of rotatable bonds is 5. The second kappa shape index (κ2) is 6.19. The van der Waals surface area contributed by atoms with Crippen molar-refractivity contribution in [2.45, 2.75) is 19.8 Å². The Bertz CT molecular complexity index is 323. The summed E-state index contributed by atoms with van der Waals surface area (Å²) in [6.45, 7) is 2.48. The Hall–Kier alpha value is -1.35. The van der Waals surface area contributed by atoms with Gasteiger partial charge in [-0.3, -0.25) is 4.79 Å². The van der Waals surface area contributed by atoms with E-state index in [0.29, 0.717) is 6.54 Å². The summed E-state index contributed by atoms with van der Waals surface area (Å²) in [7, 11) is 1.76. The molecule has 0 saturated carbocycles. The lowest BCUT2D eigenvalue weighted by Gasteiger charge is -2.09. The number of aryl methyl sites for hydroxylation is 1. The van der Waals surface area contributed by atoms with E-state index in [0.717, 1.165) is 18.5 Å². The van der Waals surface area contributed by atoms with Gasteiger partial charge in [-0.15, -0.1) is 0 Å². The summed E-state index contributed by atoms with van der Waals surface area (Å²) >= 11 is 0. The van der Waals surface area contributed by atoms with Crippen molar-refractivity contribution in [3.63, 3.8) is 0 Å². The first-order valence-electron chi connectivity index (χ1n) is 5.30. The van der Waals surface area contributed by atoms with Gasteiger partial charge in [-0.25, -0.2) is 0 Å². The lowest BCUT2D eigenvalue weighted by atomic mass is 10.1. The average molecular weight is 206 g/mol. The van der Waals surface area contributed by atoms with E-state index in [4.69, 9.17) is 0 Å². The average Bonchev–Trinajstić information content (AvgIpc) is 2.21. The number of para-hydroxylation sites is 1. The Balaban J connectivity index is 2.70. The maximum Gasteiger partial charge on any atom is 0.238 e. The van der Waals surface area contributed by atoms with Crippen LogP contribution in [0.4, 0.5) is 5.69 Å². The molecule has 2 N–H and O–H groups in total. The van der Waals surface area contributed by atoms with Crippen LogP contribution in [0.15, 0.2) is 24.3 Å². The van der Waals surface area contributed by atoms with Gasteiger partial charge in [0.1, 0.15) is 0 Å². The summed E-state index contributed by atoms with van der Waals surface area (Å²) in [5.74, 6) is 0.000975. The van der Waals surface area contributed by atoms with E-state index in [1.165, 1.54) is 5.56 Å². The zero-order chi connectivity index (χ0) is 11.1. The fourth-order valence-electron chi connectivity index (χ4n) is 1.48. The molecule has 0 heterocycles. The van der Waals surface area contributed by atoms with Crippen LogP contribution < -0.4 is 10.6 Å². The van der Waals surface area contributed by atoms with Gasteiger partial charge in [-0.1, -0.05) is 31.5 Å². The predicted molar refractivity (Wildman–Crippen MR) is 63.0 cm³/mol. The highest BCUT2D eigenvalue weighted by atomic mass is 16.1. The Kier molecular flexibility index (Phi) is 4.84. The van der Waals surface area contributed by atoms with Crippen molar-refractivity contribution in [3.8, 4) is 0 Å². The molecule has 1 amide bonds. The van der Waals surface area contributed by atoms with E-state index in [1.807, 2.05) is 18.2 Å². The minimum absolute atomic E-state index is 0.000975. The molecule has 0 unspecified atom stereocenters. The molecule has 0 fully saturated rings. The summed E-state index contributed by atoms with van der Waals surface area (Å²) in [5, 5.41) is 5.72. The van der Waals surface area contributed by atoms with E-state index >= 15 is 0 Å². The van der Waals surface area contributed by atoms with Gasteiger partial charge in [0.2, 0.25) is 5.91 Å². The fourth-order valence-corrected chi connectivity index (χ4v) is 1.48. The first-order chi connectivity index (χ1) is 7.27. The molecule has 0 bridgehead atoms. The molecule has 0 radical (unpaired) electrons. The van der Waals surface area contributed by atoms with Crippen molar-refractivity contribution < 1.29 is 4.79 Å². The van der Waals surface area contributed by atoms with Gasteiger partial charge < -0.3 is 10.6 Å². The molecular weight excluding hydrogens is 188 g/mol. The first-order valence-corrected chi connectivity index (χ1v) is 5.30. The minimum Gasteiger partial charge on any atom is -0.325 e. The van der Waals surface area contributed by atoms with E-state index < -0.39 is 0 Å². The normalized spacial score (nSPS) is 10.0. The quantitative estimate of drug-likeness (QED) is 0.771. The van der Waals surface area contributed by atoms with Crippen LogP contribution in [0.25, 0.3) is 0 Å². The monoisotopic (exact) mass is 206 g/mol. The van der Waals surface area contributed by atoms with Crippen LogP contribution in [-0.2, 0) is 11.2 Å². The maximum atomic E-state index is 11.4. The fraction of sp³-hybridized carbons (Fsp3) is 0.417. The molecule has 1 aromatic carbocycles. The SMILES string of the molecule is CCCc1ccccc1NC(=O)CNC. The minimum atomic E-state index is 0.000975. The molecule has 1 rings (SSSR count). The molecule has 0 spiro atoms. The van der Waals surface area contributed by atoms with Crippen LogP contribution >= 0.6 is 0 Å². The molecule has 0 aliphatic carbocycles. The van der Waals surface area contributed by atoms with E-state index in [2.05, 4.69) is 23.6 Å².